The van der Waals surface area contributed by atoms with E-state index in [0.717, 1.165) is 0 Å². The Kier molecular flexibility index (Phi) is 12.3. The second-order valence-corrected chi connectivity index (χ2v) is 15.3. The van der Waals surface area contributed by atoms with Gasteiger partial charge in [0, 0.05) is 24.7 Å². The van der Waals surface area contributed by atoms with Crippen LogP contribution in [0.15, 0.2) is 12.2 Å². The number of fused-ring (bicyclic) bond motifs is 4. The van der Waals surface area contributed by atoms with Crippen LogP contribution in [0.3, 0.4) is 0 Å². The normalized spacial score (nSPS) is 44.1. The molecule has 0 spiro atoms. The fraction of sp³-hybridized carbons (Fsp3) is 0.833. The van der Waals surface area contributed by atoms with Gasteiger partial charge in [-0.3, -0.25) is 14.4 Å². The number of carbonyl (C=O) groups is 4. The Morgan fingerprint density at radius 3 is 2.35 bits per heavy atom. The zero-order chi connectivity index (χ0) is 36.6. The van der Waals surface area contributed by atoms with Crippen LogP contribution in [0, 0.1) is 23.7 Å². The van der Waals surface area contributed by atoms with Crippen molar-refractivity contribution in [1.82, 2.24) is 10.2 Å². The van der Waals surface area contributed by atoms with Gasteiger partial charge in [0.25, 0.3) is 0 Å². The molecule has 14 atom stereocenters. The van der Waals surface area contributed by atoms with Gasteiger partial charge in [-0.05, 0) is 66.6 Å². The lowest BCUT2D eigenvalue weighted by Gasteiger charge is -2.49. The first-order valence-corrected chi connectivity index (χ1v) is 17.6. The largest absolute Gasteiger partial charge is 0.458 e. The summed E-state index contributed by atoms with van der Waals surface area (Å²) in [7, 11) is 3.83. The summed E-state index contributed by atoms with van der Waals surface area (Å²) in [5.74, 6) is -3.74. The molecule has 0 unspecified atom stereocenters. The second kappa shape index (κ2) is 15.3. The molecule has 0 aliphatic carbocycles. The van der Waals surface area contributed by atoms with Crippen molar-refractivity contribution in [2.75, 3.05) is 27.3 Å². The lowest BCUT2D eigenvalue weighted by Crippen LogP contribution is -2.61. The number of likely N-dealkylation sites (N-methyl/N-ethyl adjacent to an activating group) is 1. The Balaban J connectivity index is 1.86. The topological polar surface area (TPSA) is 148 Å². The number of hydrogen-bond donors (Lipinski definition) is 1. The SMILES string of the molecule is C=C1CO[C@@H]2[C@H](C)[C@@H](O[C@@H]3O[C@H](C)C[C@H](N(C)C)[C@H]3OC(C)=O)[C@](C)(C[C@@H](C)C(=O)[C@H](C)[C@H]3NC(=O)O[C@]3(C)[C@@H](CC)OC(=O)[C@@H]2C)OC1. The van der Waals surface area contributed by atoms with E-state index in [-0.39, 0.29) is 37.6 Å². The van der Waals surface area contributed by atoms with Crippen molar-refractivity contribution < 1.29 is 52.3 Å². The van der Waals surface area contributed by atoms with Gasteiger partial charge in [-0.2, -0.15) is 0 Å². The summed E-state index contributed by atoms with van der Waals surface area (Å²) in [6.07, 6.45) is -3.93. The van der Waals surface area contributed by atoms with Crippen LogP contribution in [0.1, 0.15) is 81.6 Å². The molecule has 13 nitrogen and oxygen atoms in total. The molecule has 1 N–H and O–H groups in total. The molecule has 0 aromatic rings. The fourth-order valence-corrected chi connectivity index (χ4v) is 8.39. The lowest BCUT2D eigenvalue weighted by atomic mass is 9.73. The van der Waals surface area contributed by atoms with Crippen molar-refractivity contribution in [1.29, 1.82) is 0 Å². The van der Waals surface area contributed by atoms with E-state index in [9.17, 15) is 19.2 Å². The molecule has 0 saturated carbocycles. The third-order valence-corrected chi connectivity index (χ3v) is 11.0. The third-order valence-electron chi connectivity index (χ3n) is 11.0. The van der Waals surface area contributed by atoms with Crippen LogP contribution >= 0.6 is 0 Å². The summed E-state index contributed by atoms with van der Waals surface area (Å²) in [5.41, 5.74) is -1.79. The zero-order valence-electron chi connectivity index (χ0n) is 31.1. The highest BCUT2D eigenvalue weighted by atomic mass is 16.7. The van der Waals surface area contributed by atoms with Crippen LogP contribution in [-0.4, -0.2) is 116 Å². The predicted octanol–water partition coefficient (Wildman–Crippen LogP) is 3.80. The smallest absolute Gasteiger partial charge is 0.408 e. The number of hydrogen-bond acceptors (Lipinski definition) is 12. The number of esters is 2. The quantitative estimate of drug-likeness (QED) is 0.254. The van der Waals surface area contributed by atoms with Crippen LogP contribution in [0.2, 0.25) is 0 Å². The number of ketones is 1. The lowest BCUT2D eigenvalue weighted by molar-refractivity contribution is -0.304. The van der Waals surface area contributed by atoms with Gasteiger partial charge in [0.05, 0.1) is 55.1 Å². The van der Waals surface area contributed by atoms with E-state index in [1.54, 1.807) is 20.8 Å². The summed E-state index contributed by atoms with van der Waals surface area (Å²) in [6, 6.07) is -0.961. The molecular formula is C36H58N2O11. The molecule has 13 heteroatoms. The number of carbonyl (C=O) groups excluding carboxylic acids is 4. The predicted molar refractivity (Wildman–Crippen MR) is 178 cm³/mol. The van der Waals surface area contributed by atoms with Gasteiger partial charge in [0.15, 0.2) is 18.0 Å². The second-order valence-electron chi connectivity index (χ2n) is 15.3. The van der Waals surface area contributed by atoms with Crippen molar-refractivity contribution in [2.24, 2.45) is 23.7 Å². The van der Waals surface area contributed by atoms with Crippen LogP contribution in [0.5, 0.6) is 0 Å². The van der Waals surface area contributed by atoms with Gasteiger partial charge in [-0.25, -0.2) is 4.79 Å². The summed E-state index contributed by atoms with van der Waals surface area (Å²) in [6.45, 7) is 20.4. The molecule has 2 bridgehead atoms. The molecule has 4 heterocycles. The molecule has 4 fully saturated rings. The minimum absolute atomic E-state index is 0.114. The summed E-state index contributed by atoms with van der Waals surface area (Å²) < 4.78 is 44.3. The maximum absolute atomic E-state index is 14.3. The minimum Gasteiger partial charge on any atom is -0.458 e. The molecule has 1 amide bonds. The molecule has 4 saturated heterocycles. The summed E-state index contributed by atoms with van der Waals surface area (Å²) in [5, 5.41) is 2.83. The molecule has 4 aliphatic rings. The highest BCUT2D eigenvalue weighted by Crippen LogP contribution is 2.42. The molecule has 49 heavy (non-hydrogen) atoms. The van der Waals surface area contributed by atoms with Gasteiger partial charge in [-0.1, -0.05) is 34.3 Å². The molecule has 0 radical (unpaired) electrons. The van der Waals surface area contributed by atoms with E-state index in [0.29, 0.717) is 18.4 Å². The molecule has 278 valence electrons. The Labute approximate surface area is 291 Å². The van der Waals surface area contributed by atoms with Gasteiger partial charge in [0.1, 0.15) is 11.9 Å². The first-order valence-electron chi connectivity index (χ1n) is 17.6. The number of cyclic esters (lactones) is 1. The van der Waals surface area contributed by atoms with Crippen molar-refractivity contribution in [2.45, 2.75) is 142 Å². The Morgan fingerprint density at radius 2 is 1.73 bits per heavy atom. The van der Waals surface area contributed by atoms with E-state index < -0.39 is 89.7 Å². The van der Waals surface area contributed by atoms with Crippen molar-refractivity contribution in [3.05, 3.63) is 12.2 Å². The Bertz CT molecular complexity index is 1260. The standard InChI is InChI=1S/C36H58N2O11/c1-13-26-36(10)30(37-34(42)49-36)21(5)27(40)19(3)15-35(9)31(22(6)28(23(7)32(41)47-26)43-16-18(2)17-44-35)48-33-29(46-24(8)39)25(38(11)12)14-20(4)45-33/h19-23,25-26,28-31,33H,2,13-17H2,1,3-12H3,(H,37,42)/t19-,20-,21+,22+,23-,25+,26-,28-,29-,30-,31-,33+,35+,36-/m1/s1. The Morgan fingerprint density at radius 1 is 1.06 bits per heavy atom. The van der Waals surface area contributed by atoms with E-state index in [2.05, 4.69) is 11.9 Å². The number of amides is 1. The average Bonchev–Trinajstić information content (AvgIpc) is 3.35. The highest BCUT2D eigenvalue weighted by Gasteiger charge is 2.57. The molecular weight excluding hydrogens is 636 g/mol. The molecule has 0 aromatic heterocycles. The fourth-order valence-electron chi connectivity index (χ4n) is 8.39. The van der Waals surface area contributed by atoms with Gasteiger partial charge in [-0.15, -0.1) is 0 Å². The van der Waals surface area contributed by atoms with Crippen LogP contribution in [-0.2, 0) is 47.5 Å². The maximum atomic E-state index is 14.3. The average molecular weight is 695 g/mol. The maximum Gasteiger partial charge on any atom is 0.408 e. The van der Waals surface area contributed by atoms with Crippen molar-refractivity contribution >= 4 is 23.8 Å². The molecule has 0 aromatic carbocycles. The van der Waals surface area contributed by atoms with Gasteiger partial charge in [0.2, 0.25) is 0 Å². The van der Waals surface area contributed by atoms with Crippen LogP contribution < -0.4 is 5.32 Å². The van der Waals surface area contributed by atoms with Crippen LogP contribution in [0.4, 0.5) is 4.79 Å². The summed E-state index contributed by atoms with van der Waals surface area (Å²) >= 11 is 0. The third kappa shape index (κ3) is 8.16. The number of alkyl carbamates (subject to hydrolysis) is 1. The number of ether oxygens (including phenoxy) is 7. The monoisotopic (exact) mass is 694 g/mol. The molecule has 4 aliphatic heterocycles. The first kappa shape index (κ1) is 39.2. The minimum atomic E-state index is -1.29. The first-order chi connectivity index (χ1) is 22.8. The van der Waals surface area contributed by atoms with E-state index >= 15 is 0 Å². The zero-order valence-corrected chi connectivity index (χ0v) is 31.1. The van der Waals surface area contributed by atoms with Gasteiger partial charge < -0.3 is 43.4 Å². The van der Waals surface area contributed by atoms with Crippen molar-refractivity contribution in [3.8, 4) is 0 Å². The van der Waals surface area contributed by atoms with Gasteiger partial charge >= 0.3 is 18.0 Å². The van der Waals surface area contributed by atoms with Crippen molar-refractivity contribution in [3.63, 3.8) is 0 Å². The summed E-state index contributed by atoms with van der Waals surface area (Å²) in [4.78, 5) is 55.4. The van der Waals surface area contributed by atoms with E-state index in [1.165, 1.54) is 6.92 Å². The number of rotatable bonds is 5. The van der Waals surface area contributed by atoms with E-state index in [1.807, 2.05) is 53.6 Å². The Hall–Kier alpha value is -2.58. The van der Waals surface area contributed by atoms with E-state index in [4.69, 9.17) is 33.2 Å². The highest BCUT2D eigenvalue weighted by molar-refractivity contribution is 5.85. The number of Topliss-reactive ketones (excluding diaryl/α,β-unsaturated/α-hetero) is 1. The molecule has 4 rings (SSSR count). The number of nitrogens with one attached hydrogen (secondary N) is 1. The number of nitrogens with zero attached hydrogens (tertiary/aromatic N) is 1. The van der Waals surface area contributed by atoms with Crippen LogP contribution in [0.25, 0.3) is 0 Å².